The smallest absolute Gasteiger partial charge is 0.335 e. The summed E-state index contributed by atoms with van der Waals surface area (Å²) in [4.78, 5) is 27.7. The Bertz CT molecular complexity index is 1460. The Labute approximate surface area is 290 Å². The zero-order chi connectivity index (χ0) is 34.3. The van der Waals surface area contributed by atoms with E-state index >= 15 is 0 Å². The molecule has 6 nitrogen and oxygen atoms in total. The van der Waals surface area contributed by atoms with Gasteiger partial charge in [-0.25, -0.2) is 9.59 Å². The Morgan fingerprint density at radius 2 is 1.50 bits per heavy atom. The third-order valence-electron chi connectivity index (χ3n) is 16.4. The summed E-state index contributed by atoms with van der Waals surface area (Å²) in [7, 11) is 0. The predicted octanol–water partition coefficient (Wildman–Crippen LogP) is 9.16. The number of carboxylic acids is 1. The van der Waals surface area contributed by atoms with Gasteiger partial charge >= 0.3 is 12.0 Å². The normalized spacial score (nSPS) is 40.5. The second kappa shape index (κ2) is 11.6. The van der Waals surface area contributed by atoms with Crippen molar-refractivity contribution in [3.63, 3.8) is 0 Å². The van der Waals surface area contributed by atoms with Gasteiger partial charge in [0.2, 0.25) is 0 Å². The number of hydrogen-bond donors (Lipinski definition) is 3. The predicted molar refractivity (Wildman–Crippen MR) is 194 cm³/mol. The number of benzene rings is 1. The lowest BCUT2D eigenvalue weighted by atomic mass is 9.33. The number of hydrogen-bond acceptors (Lipinski definition) is 3. The fourth-order valence-electron chi connectivity index (χ4n) is 13.5. The van der Waals surface area contributed by atoms with Crippen LogP contribution in [-0.4, -0.2) is 52.7 Å². The number of nitrogens with zero attached hydrogens (tertiary/aromatic N) is 1. The summed E-state index contributed by atoms with van der Waals surface area (Å²) < 4.78 is 0. The van der Waals surface area contributed by atoms with Gasteiger partial charge in [-0.2, -0.15) is 0 Å². The number of carbonyl (C=O) groups is 2. The van der Waals surface area contributed by atoms with E-state index in [9.17, 15) is 14.7 Å². The molecule has 0 saturated heterocycles. The second-order valence-electron chi connectivity index (χ2n) is 18.6. The minimum Gasteiger partial charge on any atom is -0.478 e. The van der Waals surface area contributed by atoms with Crippen LogP contribution >= 0.6 is 0 Å². The number of carboxylic acid groups (broad SMARTS) is 1. The van der Waals surface area contributed by atoms with Gasteiger partial charge in [-0.05, 0) is 152 Å². The molecule has 0 aromatic heterocycles. The SMILES string of the molecule is CCN(CC)CC1(NC(=O)NC23CCCC2C2CCC4C5(C)CC=C(c6ccc(C(=O)O)cc6)C(C)(C)C5CCC4(C)[C@]2(C)CC3)CC1. The Kier molecular flexibility index (Phi) is 8.25. The lowest BCUT2D eigenvalue weighted by molar-refractivity contribution is -0.216. The van der Waals surface area contributed by atoms with Crippen LogP contribution in [0.4, 0.5) is 4.79 Å². The molecule has 48 heavy (non-hydrogen) atoms. The molecule has 8 atom stereocenters. The van der Waals surface area contributed by atoms with Gasteiger partial charge in [0.25, 0.3) is 0 Å². The molecule has 3 N–H and O–H groups in total. The molecular formula is C42H63N3O3. The van der Waals surface area contributed by atoms with Crippen LogP contribution in [0.2, 0.25) is 0 Å². The van der Waals surface area contributed by atoms with Gasteiger partial charge in [0.15, 0.2) is 0 Å². The highest BCUT2D eigenvalue weighted by molar-refractivity contribution is 5.88. The van der Waals surface area contributed by atoms with Crippen molar-refractivity contribution in [3.05, 3.63) is 41.5 Å². The van der Waals surface area contributed by atoms with Gasteiger partial charge in [0, 0.05) is 12.1 Å². The van der Waals surface area contributed by atoms with Crippen LogP contribution < -0.4 is 10.6 Å². The van der Waals surface area contributed by atoms with E-state index in [1.165, 1.54) is 56.1 Å². The Balaban J connectivity index is 1.11. The molecule has 7 rings (SSSR count). The number of aromatic carboxylic acids is 1. The molecule has 264 valence electrons. The monoisotopic (exact) mass is 657 g/mol. The number of fused-ring (bicyclic) bond motifs is 7. The van der Waals surface area contributed by atoms with Gasteiger partial charge in [-0.15, -0.1) is 0 Å². The van der Waals surface area contributed by atoms with E-state index in [4.69, 9.17) is 0 Å². The lowest BCUT2D eigenvalue weighted by Crippen LogP contribution is -2.68. The van der Waals surface area contributed by atoms with Crippen LogP contribution in [0.1, 0.15) is 141 Å². The van der Waals surface area contributed by atoms with E-state index in [2.05, 4.69) is 70.1 Å². The molecule has 0 heterocycles. The summed E-state index contributed by atoms with van der Waals surface area (Å²) in [6.45, 7) is 20.4. The highest BCUT2D eigenvalue weighted by atomic mass is 16.4. The average molecular weight is 658 g/mol. The summed E-state index contributed by atoms with van der Waals surface area (Å²) in [6.07, 6.45) is 16.9. The molecule has 1 aromatic rings. The van der Waals surface area contributed by atoms with Crippen LogP contribution in [0.15, 0.2) is 30.3 Å². The molecule has 6 aliphatic rings. The van der Waals surface area contributed by atoms with E-state index in [0.29, 0.717) is 29.2 Å². The number of urea groups is 1. The molecule has 7 unspecified atom stereocenters. The highest BCUT2D eigenvalue weighted by Crippen LogP contribution is 2.76. The van der Waals surface area contributed by atoms with Crippen LogP contribution in [0, 0.1) is 45.3 Å². The number of likely N-dealkylation sites (N-methyl/N-ethyl adjacent to an activating group) is 1. The lowest BCUT2D eigenvalue weighted by Gasteiger charge is -2.72. The van der Waals surface area contributed by atoms with Crippen LogP contribution in [0.25, 0.3) is 5.57 Å². The van der Waals surface area contributed by atoms with Crippen molar-refractivity contribution < 1.29 is 14.7 Å². The summed E-state index contributed by atoms with van der Waals surface area (Å²) in [5.74, 6) is 1.64. The van der Waals surface area contributed by atoms with Crippen LogP contribution in [0.3, 0.4) is 0 Å². The molecule has 6 aliphatic carbocycles. The van der Waals surface area contributed by atoms with E-state index in [0.717, 1.165) is 51.7 Å². The Hall–Kier alpha value is -2.34. The average Bonchev–Trinajstić information content (AvgIpc) is 3.66. The molecule has 5 saturated carbocycles. The first-order chi connectivity index (χ1) is 22.7. The first-order valence-corrected chi connectivity index (χ1v) is 19.5. The van der Waals surface area contributed by atoms with Crippen molar-refractivity contribution >= 4 is 17.6 Å². The van der Waals surface area contributed by atoms with Crippen LogP contribution in [-0.2, 0) is 0 Å². The summed E-state index contributed by atoms with van der Waals surface area (Å²) in [5, 5.41) is 16.7. The van der Waals surface area contributed by atoms with Crippen LogP contribution in [0.5, 0.6) is 0 Å². The van der Waals surface area contributed by atoms with Gasteiger partial charge in [-0.3, -0.25) is 0 Å². The molecule has 6 heteroatoms. The van der Waals surface area contributed by atoms with Crippen molar-refractivity contribution in [1.82, 2.24) is 15.5 Å². The van der Waals surface area contributed by atoms with Gasteiger partial charge in [0.1, 0.15) is 0 Å². The molecule has 0 spiro atoms. The summed E-state index contributed by atoms with van der Waals surface area (Å²) in [5.41, 5.74) is 3.66. The van der Waals surface area contributed by atoms with Gasteiger partial charge in [0.05, 0.1) is 11.1 Å². The fraction of sp³-hybridized carbons (Fsp3) is 0.762. The zero-order valence-corrected chi connectivity index (χ0v) is 31.0. The first-order valence-electron chi connectivity index (χ1n) is 19.5. The van der Waals surface area contributed by atoms with E-state index < -0.39 is 5.97 Å². The van der Waals surface area contributed by atoms with Crippen molar-refractivity contribution in [1.29, 1.82) is 0 Å². The minimum absolute atomic E-state index is 0.0193. The standard InChI is InChI=1S/C42H63N3O3/c1-8-45(9-2)27-41(24-25-41)43-36(48)44-42-20-10-11-32(42)31-16-17-34-38(5)21-18-30(28-12-14-29(15-13-28)35(46)47)37(3,4)33(38)19-22-40(34,7)39(31,6)23-26-42/h12-15,18,31-34H,8-11,16-17,19-27H2,1-7H3,(H,46,47)(H2,43,44,48)/t31?,32?,33?,34?,38?,39-,40?,42?/m1/s1. The highest BCUT2D eigenvalue weighted by Gasteiger charge is 2.69. The molecule has 1 aromatic carbocycles. The molecule has 0 aliphatic heterocycles. The van der Waals surface area contributed by atoms with Crippen molar-refractivity contribution in [3.8, 4) is 0 Å². The molecule has 5 fully saturated rings. The van der Waals surface area contributed by atoms with E-state index in [1.54, 1.807) is 12.1 Å². The first kappa shape index (κ1) is 34.1. The summed E-state index contributed by atoms with van der Waals surface area (Å²) >= 11 is 0. The molecule has 2 amide bonds. The number of amides is 2. The third-order valence-corrected chi connectivity index (χ3v) is 16.4. The van der Waals surface area contributed by atoms with Crippen molar-refractivity contribution in [2.45, 2.75) is 137 Å². The summed E-state index contributed by atoms with van der Waals surface area (Å²) in [6, 6.07) is 7.68. The molecule has 0 bridgehead atoms. The topological polar surface area (TPSA) is 81.7 Å². The largest absolute Gasteiger partial charge is 0.478 e. The van der Waals surface area contributed by atoms with E-state index in [1.807, 2.05) is 12.1 Å². The van der Waals surface area contributed by atoms with Gasteiger partial charge in [-0.1, -0.05) is 73.1 Å². The van der Waals surface area contributed by atoms with Gasteiger partial charge < -0.3 is 20.6 Å². The number of carbonyl (C=O) groups excluding carboxylic acids is 1. The Morgan fingerprint density at radius 1 is 0.792 bits per heavy atom. The maximum absolute atomic E-state index is 13.8. The molecule has 0 radical (unpaired) electrons. The van der Waals surface area contributed by atoms with E-state index in [-0.39, 0.29) is 38.8 Å². The quantitative estimate of drug-likeness (QED) is 0.260. The Morgan fingerprint density at radius 3 is 2.15 bits per heavy atom. The third kappa shape index (κ3) is 5.03. The maximum atomic E-state index is 13.8. The molecular weight excluding hydrogens is 594 g/mol. The second-order valence-corrected chi connectivity index (χ2v) is 18.6. The number of rotatable bonds is 8. The zero-order valence-electron chi connectivity index (χ0n) is 31.0. The number of nitrogens with one attached hydrogen (secondary N) is 2. The maximum Gasteiger partial charge on any atom is 0.335 e. The fourth-order valence-corrected chi connectivity index (χ4v) is 13.5. The van der Waals surface area contributed by atoms with Crippen molar-refractivity contribution in [2.75, 3.05) is 19.6 Å². The minimum atomic E-state index is -0.865. The van der Waals surface area contributed by atoms with Crippen molar-refractivity contribution in [2.24, 2.45) is 45.3 Å². The number of allylic oxidation sites excluding steroid dienone is 2.